The van der Waals surface area contributed by atoms with E-state index in [0.717, 1.165) is 11.0 Å². The van der Waals surface area contributed by atoms with Gasteiger partial charge in [0.2, 0.25) is 0 Å². The number of halogens is 1. The number of hydrogen-bond acceptors (Lipinski definition) is 1. The van der Waals surface area contributed by atoms with Crippen LogP contribution in [0.25, 0.3) is 0 Å². The van der Waals surface area contributed by atoms with Gasteiger partial charge in [-0.3, -0.25) is 4.68 Å². The van der Waals surface area contributed by atoms with E-state index in [0.29, 0.717) is 0 Å². The lowest BCUT2D eigenvalue weighted by molar-refractivity contribution is 0.680. The Hall–Kier alpha value is -1.09. The minimum atomic E-state index is 0.837. The summed E-state index contributed by atoms with van der Waals surface area (Å²) in [7, 11) is 0. The Bertz CT molecular complexity index is 491. The molecule has 2 rings (SSSR count). The van der Waals surface area contributed by atoms with Crippen molar-refractivity contribution in [2.24, 2.45) is 0 Å². The van der Waals surface area contributed by atoms with Gasteiger partial charge in [-0.25, -0.2) is 0 Å². The van der Waals surface area contributed by atoms with Crippen molar-refractivity contribution in [2.45, 2.75) is 27.3 Å². The molecule has 0 atom stereocenters. The van der Waals surface area contributed by atoms with Crippen LogP contribution in [0.2, 0.25) is 0 Å². The Morgan fingerprint density at radius 2 is 1.81 bits per heavy atom. The van der Waals surface area contributed by atoms with E-state index in [1.54, 1.807) is 0 Å². The fraction of sp³-hybridized carbons (Fsp3) is 0.308. The van der Waals surface area contributed by atoms with E-state index in [9.17, 15) is 0 Å². The zero-order valence-corrected chi connectivity index (χ0v) is 11.4. The molecule has 3 heteroatoms. The average Bonchev–Trinajstić information content (AvgIpc) is 2.58. The highest BCUT2D eigenvalue weighted by molar-refractivity contribution is 9.10. The van der Waals surface area contributed by atoms with E-state index < -0.39 is 0 Å². The van der Waals surface area contributed by atoms with Gasteiger partial charge in [0.15, 0.2) is 0 Å². The van der Waals surface area contributed by atoms with Gasteiger partial charge in [0.05, 0.1) is 17.2 Å². The summed E-state index contributed by atoms with van der Waals surface area (Å²) in [5.74, 6) is 0. The number of rotatable bonds is 2. The second-order valence-corrected chi connectivity index (χ2v) is 5.15. The molecule has 0 radical (unpaired) electrons. The Balaban J connectivity index is 2.34. The number of benzene rings is 1. The Kier molecular flexibility index (Phi) is 3.15. The average molecular weight is 279 g/mol. The first-order chi connectivity index (χ1) is 7.56. The van der Waals surface area contributed by atoms with Gasteiger partial charge in [-0.15, -0.1) is 0 Å². The first-order valence-corrected chi connectivity index (χ1v) is 6.10. The second kappa shape index (κ2) is 4.42. The van der Waals surface area contributed by atoms with Crippen LogP contribution in [0.3, 0.4) is 0 Å². The molecule has 0 N–H and O–H groups in total. The maximum atomic E-state index is 4.29. The quantitative estimate of drug-likeness (QED) is 0.821. The van der Waals surface area contributed by atoms with Crippen LogP contribution in [0.15, 0.2) is 29.0 Å². The summed E-state index contributed by atoms with van der Waals surface area (Å²) in [6, 6.07) is 4.45. The first-order valence-electron chi connectivity index (χ1n) is 5.31. The standard InChI is InChI=1S/C13H15BrN2/c1-9-4-10(2)13(11(3)5-9)8-16-7-12(14)6-15-16/h4-7H,8H2,1-3H3. The van der Waals surface area contributed by atoms with Crippen molar-refractivity contribution in [3.63, 3.8) is 0 Å². The van der Waals surface area contributed by atoms with Gasteiger partial charge in [-0.05, 0) is 53.4 Å². The topological polar surface area (TPSA) is 17.8 Å². The molecule has 0 unspecified atom stereocenters. The van der Waals surface area contributed by atoms with Crippen molar-refractivity contribution in [3.8, 4) is 0 Å². The molecule has 0 amide bonds. The zero-order chi connectivity index (χ0) is 11.7. The number of nitrogens with zero attached hydrogens (tertiary/aromatic N) is 2. The molecular formula is C13H15BrN2. The molecule has 1 heterocycles. The number of hydrogen-bond donors (Lipinski definition) is 0. The minimum Gasteiger partial charge on any atom is -0.267 e. The van der Waals surface area contributed by atoms with Crippen molar-refractivity contribution < 1.29 is 0 Å². The summed E-state index contributed by atoms with van der Waals surface area (Å²) in [6.45, 7) is 7.29. The fourth-order valence-corrected chi connectivity index (χ4v) is 2.37. The van der Waals surface area contributed by atoms with Crippen LogP contribution in [0.4, 0.5) is 0 Å². The molecule has 2 nitrogen and oxygen atoms in total. The van der Waals surface area contributed by atoms with Gasteiger partial charge < -0.3 is 0 Å². The summed E-state index contributed by atoms with van der Waals surface area (Å²) < 4.78 is 2.98. The summed E-state index contributed by atoms with van der Waals surface area (Å²) in [4.78, 5) is 0. The molecule has 0 saturated carbocycles. The largest absolute Gasteiger partial charge is 0.267 e. The highest BCUT2D eigenvalue weighted by Gasteiger charge is 2.05. The van der Waals surface area contributed by atoms with Crippen LogP contribution in [0.1, 0.15) is 22.3 Å². The van der Waals surface area contributed by atoms with Crippen LogP contribution < -0.4 is 0 Å². The number of aryl methyl sites for hydroxylation is 3. The van der Waals surface area contributed by atoms with Crippen LogP contribution >= 0.6 is 15.9 Å². The Morgan fingerprint density at radius 1 is 1.19 bits per heavy atom. The molecular weight excluding hydrogens is 264 g/mol. The van der Waals surface area contributed by atoms with Crippen LogP contribution in [-0.2, 0) is 6.54 Å². The molecule has 0 saturated heterocycles. The predicted octanol–water partition coefficient (Wildman–Crippen LogP) is 3.62. The van der Waals surface area contributed by atoms with E-state index in [1.807, 2.05) is 17.1 Å². The summed E-state index contributed by atoms with van der Waals surface area (Å²) in [5, 5.41) is 4.29. The van der Waals surface area contributed by atoms with Gasteiger partial charge in [0.25, 0.3) is 0 Å². The molecule has 0 bridgehead atoms. The summed E-state index contributed by atoms with van der Waals surface area (Å²) in [5.41, 5.74) is 5.36. The van der Waals surface area contributed by atoms with E-state index in [1.165, 1.54) is 22.3 Å². The van der Waals surface area contributed by atoms with Crippen molar-refractivity contribution in [2.75, 3.05) is 0 Å². The molecule has 0 fully saturated rings. The van der Waals surface area contributed by atoms with Crippen molar-refractivity contribution in [1.29, 1.82) is 0 Å². The highest BCUT2D eigenvalue weighted by Crippen LogP contribution is 2.18. The number of aromatic nitrogens is 2. The van der Waals surface area contributed by atoms with Gasteiger partial charge >= 0.3 is 0 Å². The molecule has 2 aromatic rings. The highest BCUT2D eigenvalue weighted by atomic mass is 79.9. The first kappa shape index (κ1) is 11.4. The molecule has 84 valence electrons. The predicted molar refractivity (Wildman–Crippen MR) is 69.7 cm³/mol. The van der Waals surface area contributed by atoms with Crippen molar-refractivity contribution in [3.05, 3.63) is 51.3 Å². The van der Waals surface area contributed by atoms with Gasteiger partial charge in [0, 0.05) is 6.20 Å². The van der Waals surface area contributed by atoms with E-state index in [2.05, 4.69) is 53.9 Å². The smallest absolute Gasteiger partial charge is 0.0664 e. The van der Waals surface area contributed by atoms with E-state index in [4.69, 9.17) is 0 Å². The fourth-order valence-electron chi connectivity index (χ4n) is 2.05. The molecule has 0 spiro atoms. The van der Waals surface area contributed by atoms with Gasteiger partial charge in [0.1, 0.15) is 0 Å². The molecule has 1 aromatic carbocycles. The lowest BCUT2D eigenvalue weighted by Gasteiger charge is -2.11. The zero-order valence-electron chi connectivity index (χ0n) is 9.79. The maximum Gasteiger partial charge on any atom is 0.0664 e. The monoisotopic (exact) mass is 278 g/mol. The molecule has 0 aliphatic carbocycles. The summed E-state index contributed by atoms with van der Waals surface area (Å²) in [6.07, 6.45) is 3.82. The van der Waals surface area contributed by atoms with Crippen LogP contribution in [0, 0.1) is 20.8 Å². The van der Waals surface area contributed by atoms with E-state index >= 15 is 0 Å². The third kappa shape index (κ3) is 2.35. The Morgan fingerprint density at radius 3 is 2.31 bits per heavy atom. The third-order valence-corrected chi connectivity index (χ3v) is 3.17. The minimum absolute atomic E-state index is 0.837. The summed E-state index contributed by atoms with van der Waals surface area (Å²) >= 11 is 3.41. The van der Waals surface area contributed by atoms with Gasteiger partial charge in [-0.2, -0.15) is 5.10 Å². The molecule has 1 aromatic heterocycles. The van der Waals surface area contributed by atoms with Crippen LogP contribution in [0.5, 0.6) is 0 Å². The SMILES string of the molecule is Cc1cc(C)c(Cn2cc(Br)cn2)c(C)c1. The second-order valence-electron chi connectivity index (χ2n) is 4.23. The third-order valence-electron chi connectivity index (χ3n) is 2.76. The van der Waals surface area contributed by atoms with Crippen LogP contribution in [-0.4, -0.2) is 9.78 Å². The van der Waals surface area contributed by atoms with Crippen molar-refractivity contribution in [1.82, 2.24) is 9.78 Å². The van der Waals surface area contributed by atoms with E-state index in [-0.39, 0.29) is 0 Å². The molecule has 0 aliphatic heterocycles. The van der Waals surface area contributed by atoms with Gasteiger partial charge in [-0.1, -0.05) is 17.7 Å². The maximum absolute atomic E-state index is 4.29. The van der Waals surface area contributed by atoms with Crippen molar-refractivity contribution >= 4 is 15.9 Å². The lowest BCUT2D eigenvalue weighted by atomic mass is 10.00. The molecule has 16 heavy (non-hydrogen) atoms. The molecule has 0 aliphatic rings. The Labute approximate surface area is 104 Å². The normalized spacial score (nSPS) is 10.8. The lowest BCUT2D eigenvalue weighted by Crippen LogP contribution is -2.04.